The van der Waals surface area contributed by atoms with Crippen LogP contribution in [-0.2, 0) is 4.79 Å². The van der Waals surface area contributed by atoms with Gasteiger partial charge in [-0.05, 0) is 26.2 Å². The van der Waals surface area contributed by atoms with Gasteiger partial charge in [0, 0.05) is 6.42 Å². The van der Waals surface area contributed by atoms with Crippen LogP contribution in [0.5, 0.6) is 0 Å². The molecule has 0 saturated carbocycles. The van der Waals surface area contributed by atoms with E-state index in [0.717, 1.165) is 19.3 Å². The lowest BCUT2D eigenvalue weighted by atomic mass is 10.1. The Morgan fingerprint density at radius 2 is 1.77 bits per heavy atom. The van der Waals surface area contributed by atoms with E-state index in [-0.39, 0.29) is 0 Å². The highest BCUT2D eigenvalue weighted by molar-refractivity contribution is 5.66. The van der Waals surface area contributed by atoms with Crippen molar-refractivity contribution < 1.29 is 9.90 Å². The smallest absolute Gasteiger partial charge is 0.303 e. The molecule has 2 nitrogen and oxygen atoms in total. The van der Waals surface area contributed by atoms with Crippen LogP contribution in [0.1, 0.15) is 51.9 Å². The first-order chi connectivity index (χ1) is 6.27. The molecule has 0 aromatic heterocycles. The van der Waals surface area contributed by atoms with Crippen molar-refractivity contribution >= 4 is 5.97 Å². The number of carboxylic acids is 1. The Kier molecular flexibility index (Phi) is 8.73. The minimum absolute atomic E-state index is 0.328. The van der Waals surface area contributed by atoms with Crippen LogP contribution in [0, 0.1) is 0 Å². The summed E-state index contributed by atoms with van der Waals surface area (Å²) in [6.07, 6.45) is 11.3. The average Bonchev–Trinajstić information content (AvgIpc) is 2.09. The van der Waals surface area contributed by atoms with Gasteiger partial charge in [-0.3, -0.25) is 4.79 Å². The summed E-state index contributed by atoms with van der Waals surface area (Å²) in [7, 11) is 0. The molecule has 0 aliphatic carbocycles. The van der Waals surface area contributed by atoms with E-state index in [9.17, 15) is 4.79 Å². The van der Waals surface area contributed by atoms with Crippen molar-refractivity contribution in [2.75, 3.05) is 0 Å². The minimum Gasteiger partial charge on any atom is -0.481 e. The normalized spacial score (nSPS) is 10.8. The van der Waals surface area contributed by atoms with Crippen LogP contribution < -0.4 is 0 Å². The van der Waals surface area contributed by atoms with Crippen LogP contribution in [0.3, 0.4) is 0 Å². The van der Waals surface area contributed by atoms with Gasteiger partial charge in [-0.25, -0.2) is 0 Å². The first kappa shape index (κ1) is 12.2. The zero-order chi connectivity index (χ0) is 9.94. The fourth-order valence-corrected chi connectivity index (χ4v) is 1.24. The lowest BCUT2D eigenvalue weighted by Crippen LogP contribution is -1.93. The Balaban J connectivity index is 2.95. The summed E-state index contributed by atoms with van der Waals surface area (Å²) in [4.78, 5) is 10.2. The molecule has 0 unspecified atom stereocenters. The molecular weight excluding hydrogens is 164 g/mol. The van der Waals surface area contributed by atoms with E-state index in [2.05, 4.69) is 12.2 Å². The van der Waals surface area contributed by atoms with Crippen molar-refractivity contribution in [3.8, 4) is 0 Å². The van der Waals surface area contributed by atoms with Crippen molar-refractivity contribution in [2.24, 2.45) is 0 Å². The van der Waals surface area contributed by atoms with Gasteiger partial charge in [-0.15, -0.1) is 0 Å². The largest absolute Gasteiger partial charge is 0.481 e. The Hall–Kier alpha value is -0.790. The standard InChI is InChI=1S/C11H20O2/c1-2-3-4-5-6-7-8-9-10-11(12)13/h2-3H,4-10H2,1H3,(H,12,13). The Labute approximate surface area is 80.7 Å². The zero-order valence-corrected chi connectivity index (χ0v) is 8.46. The molecule has 2 heteroatoms. The summed E-state index contributed by atoms with van der Waals surface area (Å²) in [5.74, 6) is -0.672. The molecule has 0 fully saturated rings. The van der Waals surface area contributed by atoms with E-state index >= 15 is 0 Å². The molecule has 0 aromatic carbocycles. The Morgan fingerprint density at radius 1 is 1.15 bits per heavy atom. The molecule has 0 heterocycles. The number of carbonyl (C=O) groups is 1. The summed E-state index contributed by atoms with van der Waals surface area (Å²) >= 11 is 0. The quantitative estimate of drug-likeness (QED) is 0.464. The second-order valence-electron chi connectivity index (χ2n) is 3.27. The van der Waals surface area contributed by atoms with Gasteiger partial charge in [0.15, 0.2) is 0 Å². The molecule has 0 aromatic rings. The van der Waals surface area contributed by atoms with Crippen LogP contribution in [0.15, 0.2) is 12.2 Å². The third kappa shape index (κ3) is 11.2. The highest BCUT2D eigenvalue weighted by atomic mass is 16.4. The van der Waals surface area contributed by atoms with Crippen molar-refractivity contribution in [1.82, 2.24) is 0 Å². The van der Waals surface area contributed by atoms with Gasteiger partial charge in [0.05, 0.1) is 0 Å². The Morgan fingerprint density at radius 3 is 2.38 bits per heavy atom. The number of carboxylic acid groups (broad SMARTS) is 1. The van der Waals surface area contributed by atoms with Crippen LogP contribution in [0.2, 0.25) is 0 Å². The van der Waals surface area contributed by atoms with E-state index in [1.54, 1.807) is 0 Å². The molecule has 0 aliphatic rings. The molecule has 0 rings (SSSR count). The van der Waals surface area contributed by atoms with Gasteiger partial charge in [0.25, 0.3) is 0 Å². The number of hydrogen-bond acceptors (Lipinski definition) is 1. The molecule has 13 heavy (non-hydrogen) atoms. The fraction of sp³-hybridized carbons (Fsp3) is 0.727. The van der Waals surface area contributed by atoms with Crippen molar-refractivity contribution in [1.29, 1.82) is 0 Å². The third-order valence-electron chi connectivity index (χ3n) is 2.00. The molecule has 0 spiro atoms. The predicted octanol–water partition coefficient (Wildman–Crippen LogP) is 3.38. The summed E-state index contributed by atoms with van der Waals surface area (Å²) < 4.78 is 0. The van der Waals surface area contributed by atoms with E-state index in [0.29, 0.717) is 6.42 Å². The van der Waals surface area contributed by atoms with Crippen molar-refractivity contribution in [3.05, 3.63) is 12.2 Å². The van der Waals surface area contributed by atoms with Crippen LogP contribution >= 0.6 is 0 Å². The van der Waals surface area contributed by atoms with Crippen molar-refractivity contribution in [3.63, 3.8) is 0 Å². The SMILES string of the molecule is CC=CCCCCCCCC(=O)O. The van der Waals surface area contributed by atoms with Crippen LogP contribution in [0.4, 0.5) is 0 Å². The second-order valence-corrected chi connectivity index (χ2v) is 3.27. The van der Waals surface area contributed by atoms with Crippen LogP contribution in [-0.4, -0.2) is 11.1 Å². The maximum absolute atomic E-state index is 10.2. The van der Waals surface area contributed by atoms with Gasteiger partial charge >= 0.3 is 5.97 Å². The van der Waals surface area contributed by atoms with Gasteiger partial charge < -0.3 is 5.11 Å². The molecule has 0 radical (unpaired) electrons. The molecule has 1 N–H and O–H groups in total. The minimum atomic E-state index is -0.672. The van der Waals surface area contributed by atoms with E-state index in [1.165, 1.54) is 19.3 Å². The summed E-state index contributed by atoms with van der Waals surface area (Å²) in [5.41, 5.74) is 0. The summed E-state index contributed by atoms with van der Waals surface area (Å²) in [5, 5.41) is 8.38. The number of unbranched alkanes of at least 4 members (excludes halogenated alkanes) is 5. The number of allylic oxidation sites excluding steroid dienone is 2. The van der Waals surface area contributed by atoms with Gasteiger partial charge in [-0.1, -0.05) is 31.4 Å². The maximum Gasteiger partial charge on any atom is 0.303 e. The molecule has 0 amide bonds. The lowest BCUT2D eigenvalue weighted by molar-refractivity contribution is -0.137. The molecular formula is C11H20O2. The summed E-state index contributed by atoms with van der Waals surface area (Å²) in [6.45, 7) is 2.03. The van der Waals surface area contributed by atoms with Gasteiger partial charge in [0.1, 0.15) is 0 Å². The molecule has 0 saturated heterocycles. The zero-order valence-electron chi connectivity index (χ0n) is 8.46. The highest BCUT2D eigenvalue weighted by Crippen LogP contribution is 2.07. The monoisotopic (exact) mass is 184 g/mol. The number of hydrogen-bond donors (Lipinski definition) is 1. The first-order valence-corrected chi connectivity index (χ1v) is 5.10. The van der Waals surface area contributed by atoms with Crippen molar-refractivity contribution in [2.45, 2.75) is 51.9 Å². The van der Waals surface area contributed by atoms with E-state index in [4.69, 9.17) is 5.11 Å². The van der Waals surface area contributed by atoms with Gasteiger partial charge in [0.2, 0.25) is 0 Å². The second kappa shape index (κ2) is 9.30. The average molecular weight is 184 g/mol. The van der Waals surface area contributed by atoms with Gasteiger partial charge in [-0.2, -0.15) is 0 Å². The molecule has 0 aliphatic heterocycles. The molecule has 0 atom stereocenters. The number of aliphatic carboxylic acids is 1. The fourth-order valence-electron chi connectivity index (χ4n) is 1.24. The molecule has 76 valence electrons. The van der Waals surface area contributed by atoms with E-state index in [1.807, 2.05) is 6.92 Å². The lowest BCUT2D eigenvalue weighted by Gasteiger charge is -1.97. The topological polar surface area (TPSA) is 37.3 Å². The number of rotatable bonds is 8. The maximum atomic E-state index is 10.2. The third-order valence-corrected chi connectivity index (χ3v) is 2.00. The Bertz CT molecular complexity index is 150. The summed E-state index contributed by atoms with van der Waals surface area (Å²) in [6, 6.07) is 0. The molecule has 0 bridgehead atoms. The highest BCUT2D eigenvalue weighted by Gasteiger charge is 1.95. The van der Waals surface area contributed by atoms with Crippen LogP contribution in [0.25, 0.3) is 0 Å². The predicted molar refractivity (Wildman–Crippen MR) is 54.8 cm³/mol. The first-order valence-electron chi connectivity index (χ1n) is 5.10. The van der Waals surface area contributed by atoms with E-state index < -0.39 is 5.97 Å².